The highest BCUT2D eigenvalue weighted by molar-refractivity contribution is 7.07. The summed E-state index contributed by atoms with van der Waals surface area (Å²) >= 11 is 1.53. The van der Waals surface area contributed by atoms with Gasteiger partial charge >= 0.3 is 0 Å². The van der Waals surface area contributed by atoms with E-state index in [0.29, 0.717) is 6.54 Å². The lowest BCUT2D eigenvalue weighted by Crippen LogP contribution is -2.32. The molecule has 1 rings (SSSR count). The van der Waals surface area contributed by atoms with Gasteiger partial charge in [-0.1, -0.05) is 6.92 Å². The van der Waals surface area contributed by atoms with Crippen molar-refractivity contribution in [3.63, 3.8) is 0 Å². The molecule has 0 fully saturated rings. The number of thiophene rings is 1. The second-order valence-corrected chi connectivity index (χ2v) is 4.93. The number of hydrogen-bond acceptors (Lipinski definition) is 4. The molecular formula is C12H20N2O2S. The first kappa shape index (κ1) is 14.2. The number of aliphatic hydroxyl groups is 1. The quantitative estimate of drug-likeness (QED) is 0.688. The van der Waals surface area contributed by atoms with Gasteiger partial charge in [0.15, 0.2) is 0 Å². The molecule has 0 aliphatic carbocycles. The number of carbonyl (C=O) groups excluding carboxylic acids is 1. The predicted molar refractivity (Wildman–Crippen MR) is 69.7 cm³/mol. The summed E-state index contributed by atoms with van der Waals surface area (Å²) in [6.07, 6.45) is 1.02. The van der Waals surface area contributed by atoms with Crippen LogP contribution in [0.3, 0.4) is 0 Å². The summed E-state index contributed by atoms with van der Waals surface area (Å²) in [6.45, 7) is 2.75. The molecule has 1 heterocycles. The third kappa shape index (κ3) is 4.85. The molecule has 0 saturated carbocycles. The van der Waals surface area contributed by atoms with Crippen molar-refractivity contribution in [2.75, 3.05) is 13.1 Å². The number of aliphatic hydroxyl groups excluding tert-OH is 1. The normalized spacial score (nSPS) is 14.3. The summed E-state index contributed by atoms with van der Waals surface area (Å²) in [5.74, 6) is -0.0686. The zero-order chi connectivity index (χ0) is 12.7. The molecule has 5 heteroatoms. The first-order chi connectivity index (χ1) is 8.15. The van der Waals surface area contributed by atoms with E-state index >= 15 is 0 Å². The van der Waals surface area contributed by atoms with Crippen LogP contribution in [-0.2, 0) is 4.79 Å². The van der Waals surface area contributed by atoms with Gasteiger partial charge in [-0.15, -0.1) is 0 Å². The minimum Gasteiger partial charge on any atom is -0.387 e. The minimum absolute atomic E-state index is 0.0206. The van der Waals surface area contributed by atoms with Crippen LogP contribution in [0, 0.1) is 5.92 Å². The third-order valence-electron chi connectivity index (χ3n) is 2.69. The van der Waals surface area contributed by atoms with Gasteiger partial charge in [-0.25, -0.2) is 0 Å². The van der Waals surface area contributed by atoms with Gasteiger partial charge in [-0.05, 0) is 41.8 Å². The van der Waals surface area contributed by atoms with Gasteiger partial charge in [0.2, 0.25) is 5.91 Å². The molecule has 0 aliphatic heterocycles. The molecule has 2 unspecified atom stereocenters. The number of carbonyl (C=O) groups is 1. The highest BCUT2D eigenvalue weighted by atomic mass is 32.1. The van der Waals surface area contributed by atoms with Gasteiger partial charge in [0.05, 0.1) is 6.10 Å². The summed E-state index contributed by atoms with van der Waals surface area (Å²) < 4.78 is 0. The van der Waals surface area contributed by atoms with Crippen molar-refractivity contribution in [2.24, 2.45) is 11.7 Å². The first-order valence-corrected chi connectivity index (χ1v) is 6.77. The maximum Gasteiger partial charge on any atom is 0.222 e. The van der Waals surface area contributed by atoms with Crippen molar-refractivity contribution in [1.82, 2.24) is 5.32 Å². The third-order valence-corrected chi connectivity index (χ3v) is 3.39. The monoisotopic (exact) mass is 256 g/mol. The van der Waals surface area contributed by atoms with E-state index in [0.717, 1.165) is 18.4 Å². The zero-order valence-electron chi connectivity index (χ0n) is 10.1. The molecule has 1 aromatic rings. The summed E-state index contributed by atoms with van der Waals surface area (Å²) in [5, 5.41) is 16.3. The van der Waals surface area contributed by atoms with E-state index < -0.39 is 6.10 Å². The molecule has 0 bridgehead atoms. The second kappa shape index (κ2) is 7.42. The minimum atomic E-state index is -0.619. The Bertz CT molecular complexity index is 327. The van der Waals surface area contributed by atoms with Crippen LogP contribution in [0.1, 0.15) is 31.4 Å². The molecule has 4 nitrogen and oxygen atoms in total. The summed E-state index contributed by atoms with van der Waals surface area (Å²) in [7, 11) is 0. The number of amides is 1. The zero-order valence-corrected chi connectivity index (χ0v) is 10.9. The number of rotatable bonds is 7. The van der Waals surface area contributed by atoms with Crippen LogP contribution in [0.15, 0.2) is 16.8 Å². The van der Waals surface area contributed by atoms with Crippen LogP contribution in [0.5, 0.6) is 0 Å². The summed E-state index contributed by atoms with van der Waals surface area (Å²) in [4.78, 5) is 11.7. The lowest BCUT2D eigenvalue weighted by Gasteiger charge is -2.14. The molecule has 0 radical (unpaired) electrons. The van der Waals surface area contributed by atoms with Crippen molar-refractivity contribution in [3.8, 4) is 0 Å². The molecule has 0 spiro atoms. The van der Waals surface area contributed by atoms with Gasteiger partial charge in [-0.2, -0.15) is 11.3 Å². The molecule has 4 N–H and O–H groups in total. The topological polar surface area (TPSA) is 75.4 Å². The average Bonchev–Trinajstić information content (AvgIpc) is 2.86. The molecule has 96 valence electrons. The van der Waals surface area contributed by atoms with Gasteiger partial charge in [0.1, 0.15) is 0 Å². The fourth-order valence-electron chi connectivity index (χ4n) is 1.51. The predicted octanol–water partition coefficient (Wildman–Crippen LogP) is 1.27. The highest BCUT2D eigenvalue weighted by Crippen LogP contribution is 2.15. The Labute approximate surface area is 106 Å². The SMILES string of the molecule is CC(CCCN)C(=O)NCC(O)c1ccsc1. The summed E-state index contributed by atoms with van der Waals surface area (Å²) in [6, 6.07) is 1.86. The van der Waals surface area contributed by atoms with E-state index in [9.17, 15) is 9.90 Å². The Morgan fingerprint density at radius 1 is 1.65 bits per heavy atom. The summed E-state index contributed by atoms with van der Waals surface area (Å²) in [5.41, 5.74) is 6.24. The molecule has 0 aromatic carbocycles. The number of nitrogens with two attached hydrogens (primary N) is 1. The fraction of sp³-hybridized carbons (Fsp3) is 0.583. The van der Waals surface area contributed by atoms with E-state index in [1.165, 1.54) is 11.3 Å². The van der Waals surface area contributed by atoms with Gasteiger partial charge in [0, 0.05) is 12.5 Å². The van der Waals surface area contributed by atoms with E-state index in [1.54, 1.807) is 0 Å². The smallest absolute Gasteiger partial charge is 0.222 e. The van der Waals surface area contributed by atoms with Crippen molar-refractivity contribution >= 4 is 17.2 Å². The first-order valence-electron chi connectivity index (χ1n) is 5.83. The lowest BCUT2D eigenvalue weighted by atomic mass is 10.0. The van der Waals surface area contributed by atoms with E-state index in [1.807, 2.05) is 23.8 Å². The Morgan fingerprint density at radius 2 is 2.41 bits per heavy atom. The van der Waals surface area contributed by atoms with Crippen molar-refractivity contribution in [3.05, 3.63) is 22.4 Å². The van der Waals surface area contributed by atoms with E-state index in [4.69, 9.17) is 5.73 Å². The number of hydrogen-bond donors (Lipinski definition) is 3. The Hall–Kier alpha value is -0.910. The number of nitrogens with one attached hydrogen (secondary N) is 1. The van der Waals surface area contributed by atoms with Crippen LogP contribution in [0.2, 0.25) is 0 Å². The molecule has 1 amide bonds. The van der Waals surface area contributed by atoms with Gasteiger partial charge in [-0.3, -0.25) is 4.79 Å². The molecule has 0 saturated heterocycles. The average molecular weight is 256 g/mol. The molecular weight excluding hydrogens is 236 g/mol. The van der Waals surface area contributed by atoms with E-state index in [2.05, 4.69) is 5.32 Å². The molecule has 1 aromatic heterocycles. The highest BCUT2D eigenvalue weighted by Gasteiger charge is 2.14. The molecule has 2 atom stereocenters. The lowest BCUT2D eigenvalue weighted by molar-refractivity contribution is -0.125. The second-order valence-electron chi connectivity index (χ2n) is 4.15. The molecule has 0 aliphatic rings. The van der Waals surface area contributed by atoms with Crippen LogP contribution < -0.4 is 11.1 Å². The standard InChI is InChI=1S/C12H20N2O2S/c1-9(3-2-5-13)12(16)14-7-11(15)10-4-6-17-8-10/h4,6,8-9,11,15H,2-3,5,7,13H2,1H3,(H,14,16). The van der Waals surface area contributed by atoms with Crippen molar-refractivity contribution in [2.45, 2.75) is 25.9 Å². The van der Waals surface area contributed by atoms with Crippen LogP contribution in [0.4, 0.5) is 0 Å². The fourth-order valence-corrected chi connectivity index (χ4v) is 2.22. The van der Waals surface area contributed by atoms with Crippen LogP contribution >= 0.6 is 11.3 Å². The van der Waals surface area contributed by atoms with E-state index in [-0.39, 0.29) is 18.4 Å². The Balaban J connectivity index is 2.28. The van der Waals surface area contributed by atoms with Crippen molar-refractivity contribution in [1.29, 1.82) is 0 Å². The Kier molecular flexibility index (Phi) is 6.18. The largest absolute Gasteiger partial charge is 0.387 e. The van der Waals surface area contributed by atoms with Gasteiger partial charge < -0.3 is 16.2 Å². The Morgan fingerprint density at radius 3 is 3.00 bits per heavy atom. The van der Waals surface area contributed by atoms with Gasteiger partial charge in [0.25, 0.3) is 0 Å². The van der Waals surface area contributed by atoms with Crippen LogP contribution in [-0.4, -0.2) is 24.1 Å². The van der Waals surface area contributed by atoms with Crippen molar-refractivity contribution < 1.29 is 9.90 Å². The maximum atomic E-state index is 11.7. The molecule has 17 heavy (non-hydrogen) atoms. The maximum absolute atomic E-state index is 11.7. The van der Waals surface area contributed by atoms with Crippen LogP contribution in [0.25, 0.3) is 0 Å².